The van der Waals surface area contributed by atoms with Crippen molar-refractivity contribution < 1.29 is 5.11 Å². The standard InChI is InChI=1S/C15H16O/c1-12-3-2-4-15(9-12)10-13-5-7-14(11-16)8-6-13/h2-9,16H,10-11H2,1H3. The Morgan fingerprint density at radius 2 is 1.56 bits per heavy atom. The molecule has 0 aliphatic rings. The van der Waals surface area contributed by atoms with Gasteiger partial charge in [-0.25, -0.2) is 0 Å². The SMILES string of the molecule is Cc1cccc(Cc2ccc(CO)cc2)c1. The molecule has 2 rings (SSSR count). The van der Waals surface area contributed by atoms with Crippen molar-refractivity contribution in [3.05, 3.63) is 70.8 Å². The zero-order valence-electron chi connectivity index (χ0n) is 9.48. The van der Waals surface area contributed by atoms with Crippen molar-refractivity contribution in [2.24, 2.45) is 0 Å². The lowest BCUT2D eigenvalue weighted by atomic mass is 10.0. The minimum Gasteiger partial charge on any atom is -0.392 e. The second-order valence-corrected chi connectivity index (χ2v) is 4.14. The highest BCUT2D eigenvalue weighted by Gasteiger charge is 1.97. The van der Waals surface area contributed by atoms with E-state index in [0.717, 1.165) is 12.0 Å². The number of aliphatic hydroxyl groups excluding tert-OH is 1. The molecule has 0 fully saturated rings. The largest absolute Gasteiger partial charge is 0.392 e. The van der Waals surface area contributed by atoms with E-state index in [1.807, 2.05) is 12.1 Å². The Labute approximate surface area is 96.4 Å². The molecule has 0 radical (unpaired) electrons. The fourth-order valence-corrected chi connectivity index (χ4v) is 1.82. The maximum absolute atomic E-state index is 8.95. The second-order valence-electron chi connectivity index (χ2n) is 4.14. The minimum absolute atomic E-state index is 0.116. The van der Waals surface area contributed by atoms with Gasteiger partial charge in [0, 0.05) is 0 Å². The zero-order chi connectivity index (χ0) is 11.4. The normalized spacial score (nSPS) is 10.4. The summed E-state index contributed by atoms with van der Waals surface area (Å²) in [5.41, 5.74) is 4.87. The average molecular weight is 212 g/mol. The van der Waals surface area contributed by atoms with Crippen LogP contribution in [0.1, 0.15) is 22.3 Å². The van der Waals surface area contributed by atoms with Crippen molar-refractivity contribution in [3.8, 4) is 0 Å². The third-order valence-corrected chi connectivity index (χ3v) is 2.70. The second kappa shape index (κ2) is 4.95. The van der Waals surface area contributed by atoms with E-state index in [2.05, 4.69) is 43.3 Å². The Balaban J connectivity index is 2.14. The van der Waals surface area contributed by atoms with Gasteiger partial charge in [0.05, 0.1) is 6.61 Å². The van der Waals surface area contributed by atoms with E-state index in [0.29, 0.717) is 0 Å². The monoisotopic (exact) mass is 212 g/mol. The number of benzene rings is 2. The lowest BCUT2D eigenvalue weighted by Crippen LogP contribution is -1.90. The van der Waals surface area contributed by atoms with Crippen LogP contribution in [0, 0.1) is 6.92 Å². The Kier molecular flexibility index (Phi) is 3.37. The smallest absolute Gasteiger partial charge is 0.0681 e. The van der Waals surface area contributed by atoms with Gasteiger partial charge in [-0.1, -0.05) is 54.1 Å². The Morgan fingerprint density at radius 1 is 0.875 bits per heavy atom. The van der Waals surface area contributed by atoms with Gasteiger partial charge in [0.1, 0.15) is 0 Å². The molecule has 0 saturated carbocycles. The molecule has 0 aromatic heterocycles. The van der Waals surface area contributed by atoms with Gasteiger partial charge in [0.2, 0.25) is 0 Å². The van der Waals surface area contributed by atoms with Crippen molar-refractivity contribution in [1.29, 1.82) is 0 Å². The number of rotatable bonds is 3. The van der Waals surface area contributed by atoms with Crippen LogP contribution >= 0.6 is 0 Å². The van der Waals surface area contributed by atoms with Crippen LogP contribution in [0.15, 0.2) is 48.5 Å². The summed E-state index contributed by atoms with van der Waals surface area (Å²) >= 11 is 0. The summed E-state index contributed by atoms with van der Waals surface area (Å²) in [4.78, 5) is 0. The number of hydrogen-bond acceptors (Lipinski definition) is 1. The molecule has 0 aliphatic carbocycles. The maximum Gasteiger partial charge on any atom is 0.0681 e. The average Bonchev–Trinajstić information content (AvgIpc) is 2.30. The molecule has 0 heterocycles. The number of aliphatic hydroxyl groups is 1. The summed E-state index contributed by atoms with van der Waals surface area (Å²) in [6.07, 6.45) is 0.952. The fourth-order valence-electron chi connectivity index (χ4n) is 1.82. The van der Waals surface area contributed by atoms with Gasteiger partial charge in [0.15, 0.2) is 0 Å². The molecule has 1 heteroatoms. The van der Waals surface area contributed by atoms with E-state index in [1.165, 1.54) is 16.7 Å². The number of hydrogen-bond donors (Lipinski definition) is 1. The van der Waals surface area contributed by atoms with Gasteiger partial charge in [-0.05, 0) is 30.0 Å². The number of aryl methyl sites for hydroxylation is 1. The Bertz CT molecular complexity index is 457. The van der Waals surface area contributed by atoms with E-state index in [4.69, 9.17) is 5.11 Å². The van der Waals surface area contributed by atoms with Crippen molar-refractivity contribution in [2.75, 3.05) is 0 Å². The highest BCUT2D eigenvalue weighted by Crippen LogP contribution is 2.12. The van der Waals surface area contributed by atoms with Crippen LogP contribution in [0.4, 0.5) is 0 Å². The topological polar surface area (TPSA) is 20.2 Å². The lowest BCUT2D eigenvalue weighted by molar-refractivity contribution is 0.282. The van der Waals surface area contributed by atoms with Crippen LogP contribution in [0.3, 0.4) is 0 Å². The van der Waals surface area contributed by atoms with Crippen molar-refractivity contribution >= 4 is 0 Å². The van der Waals surface area contributed by atoms with Crippen LogP contribution in [-0.2, 0) is 13.0 Å². The molecular weight excluding hydrogens is 196 g/mol. The summed E-state index contributed by atoms with van der Waals surface area (Å²) in [7, 11) is 0. The molecule has 2 aromatic carbocycles. The summed E-state index contributed by atoms with van der Waals surface area (Å²) in [6, 6.07) is 16.7. The minimum atomic E-state index is 0.116. The molecule has 16 heavy (non-hydrogen) atoms. The first-order chi connectivity index (χ1) is 7.78. The van der Waals surface area contributed by atoms with E-state index < -0.39 is 0 Å². The Hall–Kier alpha value is -1.60. The third kappa shape index (κ3) is 2.71. The summed E-state index contributed by atoms with van der Waals surface area (Å²) < 4.78 is 0. The molecule has 0 spiro atoms. The molecule has 0 aliphatic heterocycles. The van der Waals surface area contributed by atoms with E-state index in [1.54, 1.807) is 0 Å². The molecule has 1 nitrogen and oxygen atoms in total. The van der Waals surface area contributed by atoms with E-state index >= 15 is 0 Å². The van der Waals surface area contributed by atoms with Gasteiger partial charge < -0.3 is 5.11 Å². The summed E-state index contributed by atoms with van der Waals surface area (Å²) in [5.74, 6) is 0. The molecule has 0 unspecified atom stereocenters. The van der Waals surface area contributed by atoms with Crippen LogP contribution in [0.5, 0.6) is 0 Å². The molecule has 1 N–H and O–H groups in total. The molecule has 0 atom stereocenters. The lowest BCUT2D eigenvalue weighted by Gasteiger charge is -2.04. The fraction of sp³-hybridized carbons (Fsp3) is 0.200. The van der Waals surface area contributed by atoms with Crippen LogP contribution < -0.4 is 0 Å². The maximum atomic E-state index is 8.95. The van der Waals surface area contributed by atoms with Gasteiger partial charge in [-0.2, -0.15) is 0 Å². The molecular formula is C15H16O. The molecule has 2 aromatic rings. The predicted octanol–water partition coefficient (Wildman–Crippen LogP) is 3.08. The highest BCUT2D eigenvalue weighted by atomic mass is 16.3. The van der Waals surface area contributed by atoms with Crippen LogP contribution in [-0.4, -0.2) is 5.11 Å². The Morgan fingerprint density at radius 3 is 2.19 bits per heavy atom. The summed E-state index contributed by atoms with van der Waals surface area (Å²) in [5, 5.41) is 8.95. The first-order valence-electron chi connectivity index (χ1n) is 5.52. The van der Waals surface area contributed by atoms with Gasteiger partial charge in [-0.15, -0.1) is 0 Å². The van der Waals surface area contributed by atoms with Crippen molar-refractivity contribution in [3.63, 3.8) is 0 Å². The quantitative estimate of drug-likeness (QED) is 0.829. The highest BCUT2D eigenvalue weighted by molar-refractivity contribution is 5.30. The first kappa shape index (κ1) is 10.9. The first-order valence-corrected chi connectivity index (χ1v) is 5.52. The van der Waals surface area contributed by atoms with Crippen molar-refractivity contribution in [1.82, 2.24) is 0 Å². The predicted molar refractivity (Wildman–Crippen MR) is 66.3 cm³/mol. The zero-order valence-corrected chi connectivity index (χ0v) is 9.48. The van der Waals surface area contributed by atoms with E-state index in [9.17, 15) is 0 Å². The van der Waals surface area contributed by atoms with Gasteiger partial charge >= 0.3 is 0 Å². The van der Waals surface area contributed by atoms with Gasteiger partial charge in [0.25, 0.3) is 0 Å². The molecule has 0 amide bonds. The van der Waals surface area contributed by atoms with E-state index in [-0.39, 0.29) is 6.61 Å². The molecule has 82 valence electrons. The van der Waals surface area contributed by atoms with Crippen molar-refractivity contribution in [2.45, 2.75) is 20.0 Å². The van der Waals surface area contributed by atoms with Gasteiger partial charge in [-0.3, -0.25) is 0 Å². The van der Waals surface area contributed by atoms with Crippen LogP contribution in [0.2, 0.25) is 0 Å². The molecule has 0 bridgehead atoms. The van der Waals surface area contributed by atoms with Crippen LogP contribution in [0.25, 0.3) is 0 Å². The third-order valence-electron chi connectivity index (χ3n) is 2.70. The summed E-state index contributed by atoms with van der Waals surface area (Å²) in [6.45, 7) is 2.23. The molecule has 0 saturated heterocycles.